The quantitative estimate of drug-likeness (QED) is 0.871. The second kappa shape index (κ2) is 6.30. The summed E-state index contributed by atoms with van der Waals surface area (Å²) >= 11 is 0. The van der Waals surface area contributed by atoms with Crippen molar-refractivity contribution in [3.8, 4) is 0 Å². The van der Waals surface area contributed by atoms with Crippen molar-refractivity contribution in [2.75, 3.05) is 6.54 Å². The van der Waals surface area contributed by atoms with Gasteiger partial charge >= 0.3 is 0 Å². The van der Waals surface area contributed by atoms with Crippen molar-refractivity contribution in [2.45, 2.75) is 24.8 Å². The summed E-state index contributed by atoms with van der Waals surface area (Å²) in [6.45, 7) is 3.47. The standard InChI is InChI=1S/C10H15FN2O2S.ClH/c1-7-3-4-9(11)10(5-7)16(14,15)13-8(2)6-12;/h3-5,8,13H,6,12H2,1-2H3;1H/t8-;/m0./s1. The minimum absolute atomic E-state index is 0. The molecule has 0 bridgehead atoms. The minimum atomic E-state index is -3.83. The van der Waals surface area contributed by atoms with Gasteiger partial charge in [0.25, 0.3) is 0 Å². The van der Waals surface area contributed by atoms with Crippen LogP contribution in [0.3, 0.4) is 0 Å². The lowest BCUT2D eigenvalue weighted by molar-refractivity contribution is 0.544. The molecule has 0 heterocycles. The topological polar surface area (TPSA) is 72.2 Å². The lowest BCUT2D eigenvalue weighted by atomic mass is 10.2. The Morgan fingerprint density at radius 3 is 2.59 bits per heavy atom. The maximum absolute atomic E-state index is 13.4. The zero-order valence-electron chi connectivity index (χ0n) is 9.60. The van der Waals surface area contributed by atoms with Crippen LogP contribution in [0.4, 0.5) is 4.39 Å². The third kappa shape index (κ3) is 4.23. The van der Waals surface area contributed by atoms with E-state index < -0.39 is 21.9 Å². The second-order valence-electron chi connectivity index (χ2n) is 3.69. The lowest BCUT2D eigenvalue weighted by Gasteiger charge is -2.12. The highest BCUT2D eigenvalue weighted by Crippen LogP contribution is 2.16. The number of nitrogens with two attached hydrogens (primary N) is 1. The molecule has 1 rings (SSSR count). The Hall–Kier alpha value is -0.690. The predicted octanol–water partition coefficient (Wildman–Crippen LogP) is 1.18. The molecular weight excluding hydrogens is 267 g/mol. The fourth-order valence-corrected chi connectivity index (χ4v) is 2.61. The monoisotopic (exact) mass is 282 g/mol. The Morgan fingerprint density at radius 2 is 2.06 bits per heavy atom. The van der Waals surface area contributed by atoms with Crippen LogP contribution in [-0.4, -0.2) is 21.0 Å². The van der Waals surface area contributed by atoms with Crippen molar-refractivity contribution in [3.05, 3.63) is 29.6 Å². The SMILES string of the molecule is Cc1ccc(F)c(S(=O)(=O)N[C@@H](C)CN)c1.Cl. The van der Waals surface area contributed by atoms with Gasteiger partial charge in [-0.05, 0) is 31.5 Å². The van der Waals surface area contributed by atoms with E-state index in [1.54, 1.807) is 13.8 Å². The molecule has 0 aliphatic heterocycles. The Kier molecular flexibility index (Phi) is 6.04. The van der Waals surface area contributed by atoms with Gasteiger partial charge in [0.15, 0.2) is 0 Å². The molecule has 0 fully saturated rings. The molecule has 4 nitrogen and oxygen atoms in total. The van der Waals surface area contributed by atoms with Gasteiger partial charge in [-0.3, -0.25) is 0 Å². The number of halogens is 2. The van der Waals surface area contributed by atoms with Crippen molar-refractivity contribution in [3.63, 3.8) is 0 Å². The molecule has 1 atom stereocenters. The van der Waals surface area contributed by atoms with Crippen LogP contribution in [0.5, 0.6) is 0 Å². The average Bonchev–Trinajstić information content (AvgIpc) is 2.20. The predicted molar refractivity (Wildman–Crippen MR) is 67.2 cm³/mol. The molecule has 1 aromatic carbocycles. The van der Waals surface area contributed by atoms with Gasteiger partial charge in [-0.2, -0.15) is 0 Å². The van der Waals surface area contributed by atoms with E-state index in [0.717, 1.165) is 6.07 Å². The number of benzene rings is 1. The number of hydrogen-bond donors (Lipinski definition) is 2. The number of nitrogens with one attached hydrogen (secondary N) is 1. The van der Waals surface area contributed by atoms with Crippen LogP contribution in [0.15, 0.2) is 23.1 Å². The van der Waals surface area contributed by atoms with Crippen LogP contribution in [0.1, 0.15) is 12.5 Å². The molecule has 0 spiro atoms. The van der Waals surface area contributed by atoms with Crippen molar-refractivity contribution in [2.24, 2.45) is 5.73 Å². The van der Waals surface area contributed by atoms with Crippen LogP contribution < -0.4 is 10.5 Å². The molecule has 0 aliphatic rings. The molecule has 0 saturated heterocycles. The van der Waals surface area contributed by atoms with E-state index in [9.17, 15) is 12.8 Å². The van der Waals surface area contributed by atoms with E-state index in [1.807, 2.05) is 0 Å². The summed E-state index contributed by atoms with van der Waals surface area (Å²) in [6, 6.07) is 3.52. The molecule has 17 heavy (non-hydrogen) atoms. The van der Waals surface area contributed by atoms with Gasteiger partial charge in [-0.25, -0.2) is 17.5 Å². The van der Waals surface area contributed by atoms with Gasteiger partial charge in [0.1, 0.15) is 10.7 Å². The lowest BCUT2D eigenvalue weighted by Crippen LogP contribution is -2.38. The molecule has 0 radical (unpaired) electrons. The van der Waals surface area contributed by atoms with E-state index in [-0.39, 0.29) is 23.8 Å². The summed E-state index contributed by atoms with van der Waals surface area (Å²) in [6.07, 6.45) is 0. The van der Waals surface area contributed by atoms with Gasteiger partial charge in [0, 0.05) is 12.6 Å². The first-order chi connectivity index (χ1) is 7.36. The van der Waals surface area contributed by atoms with E-state index in [0.29, 0.717) is 5.56 Å². The fraction of sp³-hybridized carbons (Fsp3) is 0.400. The number of sulfonamides is 1. The summed E-state index contributed by atoms with van der Waals surface area (Å²) < 4.78 is 39.2. The smallest absolute Gasteiger partial charge is 0.243 e. The molecule has 0 aliphatic carbocycles. The maximum Gasteiger partial charge on any atom is 0.243 e. The Bertz CT molecular complexity index is 479. The van der Waals surface area contributed by atoms with Crippen LogP contribution in [0.25, 0.3) is 0 Å². The second-order valence-corrected chi connectivity index (χ2v) is 5.37. The number of rotatable bonds is 4. The summed E-state index contributed by atoms with van der Waals surface area (Å²) in [5, 5.41) is 0. The number of hydrogen-bond acceptors (Lipinski definition) is 3. The summed E-state index contributed by atoms with van der Waals surface area (Å²) in [7, 11) is -3.83. The molecule has 7 heteroatoms. The van der Waals surface area contributed by atoms with Crippen LogP contribution in [-0.2, 0) is 10.0 Å². The highest BCUT2D eigenvalue weighted by Gasteiger charge is 2.20. The van der Waals surface area contributed by atoms with Gasteiger partial charge in [0.2, 0.25) is 10.0 Å². The minimum Gasteiger partial charge on any atom is -0.329 e. The first-order valence-corrected chi connectivity index (χ1v) is 6.33. The normalized spacial score (nSPS) is 12.9. The third-order valence-corrected chi connectivity index (χ3v) is 3.69. The number of aryl methyl sites for hydroxylation is 1. The highest BCUT2D eigenvalue weighted by molar-refractivity contribution is 7.89. The average molecular weight is 283 g/mol. The zero-order valence-corrected chi connectivity index (χ0v) is 11.2. The van der Waals surface area contributed by atoms with Crippen molar-refractivity contribution in [1.82, 2.24) is 4.72 Å². The molecule has 0 aromatic heterocycles. The molecule has 0 amide bonds. The highest BCUT2D eigenvalue weighted by atomic mass is 35.5. The van der Waals surface area contributed by atoms with Gasteiger partial charge in [-0.15, -0.1) is 12.4 Å². The van der Waals surface area contributed by atoms with E-state index in [2.05, 4.69) is 4.72 Å². The van der Waals surface area contributed by atoms with Crippen LogP contribution >= 0.6 is 12.4 Å². The van der Waals surface area contributed by atoms with Crippen LogP contribution in [0, 0.1) is 12.7 Å². The van der Waals surface area contributed by atoms with Gasteiger partial charge < -0.3 is 5.73 Å². The molecular formula is C10H16ClFN2O2S. The third-order valence-electron chi connectivity index (χ3n) is 2.09. The Balaban J connectivity index is 0.00000256. The molecule has 98 valence electrons. The molecule has 1 aromatic rings. The maximum atomic E-state index is 13.4. The van der Waals surface area contributed by atoms with Gasteiger partial charge in [0.05, 0.1) is 0 Å². The van der Waals surface area contributed by atoms with Crippen molar-refractivity contribution in [1.29, 1.82) is 0 Å². The first kappa shape index (κ1) is 16.3. The first-order valence-electron chi connectivity index (χ1n) is 4.85. The van der Waals surface area contributed by atoms with Gasteiger partial charge in [-0.1, -0.05) is 6.07 Å². The Labute approximate surface area is 107 Å². The Morgan fingerprint density at radius 1 is 1.47 bits per heavy atom. The van der Waals surface area contributed by atoms with Crippen molar-refractivity contribution < 1.29 is 12.8 Å². The summed E-state index contributed by atoms with van der Waals surface area (Å²) in [4.78, 5) is -0.340. The van der Waals surface area contributed by atoms with E-state index >= 15 is 0 Å². The largest absolute Gasteiger partial charge is 0.329 e. The molecule has 0 unspecified atom stereocenters. The van der Waals surface area contributed by atoms with E-state index in [1.165, 1.54) is 12.1 Å². The molecule has 3 N–H and O–H groups in total. The summed E-state index contributed by atoms with van der Waals surface area (Å²) in [5.74, 6) is -0.762. The molecule has 0 saturated carbocycles. The fourth-order valence-electron chi connectivity index (χ4n) is 1.19. The van der Waals surface area contributed by atoms with Crippen molar-refractivity contribution >= 4 is 22.4 Å². The zero-order chi connectivity index (χ0) is 12.3. The van der Waals surface area contributed by atoms with Crippen LogP contribution in [0.2, 0.25) is 0 Å². The van der Waals surface area contributed by atoms with E-state index in [4.69, 9.17) is 5.73 Å². The summed E-state index contributed by atoms with van der Waals surface area (Å²) in [5.41, 5.74) is 5.99.